The maximum Gasteiger partial charge on any atom is 0.128 e. The molecule has 3 heteroatoms. The molecule has 0 saturated heterocycles. The second kappa shape index (κ2) is 5.74. The molecule has 1 unspecified atom stereocenters. The number of anilines is 1. The molecule has 0 aliphatic carbocycles. The lowest BCUT2D eigenvalue weighted by Crippen LogP contribution is -2.12. The number of nitrogens with one attached hydrogen (secondary N) is 1. The number of benzene rings is 2. The predicted octanol–water partition coefficient (Wildman–Crippen LogP) is 4.40. The predicted molar refractivity (Wildman–Crippen MR) is 75.9 cm³/mol. The average Bonchev–Trinajstić information content (AvgIpc) is 2.39. The molecule has 0 amide bonds. The molecule has 2 N–H and O–H groups in total. The van der Waals surface area contributed by atoms with Crippen LogP contribution in [-0.4, -0.2) is 5.11 Å². The molecule has 0 heterocycles. The SMILES string of the molecule is CCC(Nc1ccc(O)cc1C)c1ccccc1F. The van der Waals surface area contributed by atoms with Gasteiger partial charge in [-0.2, -0.15) is 0 Å². The summed E-state index contributed by atoms with van der Waals surface area (Å²) in [4.78, 5) is 0. The molecule has 19 heavy (non-hydrogen) atoms. The first-order valence-electron chi connectivity index (χ1n) is 6.42. The van der Waals surface area contributed by atoms with Crippen LogP contribution in [0, 0.1) is 12.7 Å². The zero-order chi connectivity index (χ0) is 13.8. The van der Waals surface area contributed by atoms with Crippen molar-refractivity contribution in [2.45, 2.75) is 26.3 Å². The van der Waals surface area contributed by atoms with Crippen molar-refractivity contribution in [1.29, 1.82) is 0 Å². The Bertz CT molecular complexity index is 568. The third-order valence-corrected chi connectivity index (χ3v) is 3.23. The van der Waals surface area contributed by atoms with Gasteiger partial charge in [-0.25, -0.2) is 4.39 Å². The first-order valence-corrected chi connectivity index (χ1v) is 6.42. The molecule has 0 aliphatic heterocycles. The maximum atomic E-state index is 13.8. The fraction of sp³-hybridized carbons (Fsp3) is 0.250. The molecular formula is C16H18FNO. The summed E-state index contributed by atoms with van der Waals surface area (Å²) in [6.45, 7) is 3.93. The van der Waals surface area contributed by atoms with Crippen LogP contribution in [0.2, 0.25) is 0 Å². The van der Waals surface area contributed by atoms with Crippen molar-refractivity contribution in [3.63, 3.8) is 0 Å². The first kappa shape index (κ1) is 13.4. The molecule has 2 aromatic rings. The zero-order valence-electron chi connectivity index (χ0n) is 11.2. The highest BCUT2D eigenvalue weighted by atomic mass is 19.1. The number of phenolic OH excluding ortho intramolecular Hbond substituents is 1. The van der Waals surface area contributed by atoms with Crippen LogP contribution in [-0.2, 0) is 0 Å². The summed E-state index contributed by atoms with van der Waals surface area (Å²) in [6, 6.07) is 11.9. The molecule has 0 saturated carbocycles. The molecule has 1 atom stereocenters. The fourth-order valence-electron chi connectivity index (χ4n) is 2.15. The highest BCUT2D eigenvalue weighted by Gasteiger charge is 2.14. The summed E-state index contributed by atoms with van der Waals surface area (Å²) in [5, 5.41) is 12.7. The Morgan fingerprint density at radius 2 is 1.95 bits per heavy atom. The zero-order valence-corrected chi connectivity index (χ0v) is 11.2. The number of hydrogen-bond donors (Lipinski definition) is 2. The van der Waals surface area contributed by atoms with Gasteiger partial charge in [0.25, 0.3) is 0 Å². The van der Waals surface area contributed by atoms with Gasteiger partial charge in [0.15, 0.2) is 0 Å². The van der Waals surface area contributed by atoms with Gasteiger partial charge in [-0.1, -0.05) is 25.1 Å². The lowest BCUT2D eigenvalue weighted by atomic mass is 10.0. The van der Waals surface area contributed by atoms with E-state index < -0.39 is 0 Å². The first-order chi connectivity index (χ1) is 9.11. The van der Waals surface area contributed by atoms with Crippen LogP contribution < -0.4 is 5.32 Å². The van der Waals surface area contributed by atoms with Gasteiger partial charge in [0.05, 0.1) is 6.04 Å². The van der Waals surface area contributed by atoms with Gasteiger partial charge < -0.3 is 10.4 Å². The van der Waals surface area contributed by atoms with Crippen LogP contribution in [0.5, 0.6) is 5.75 Å². The highest BCUT2D eigenvalue weighted by molar-refractivity contribution is 5.54. The third kappa shape index (κ3) is 3.05. The van der Waals surface area contributed by atoms with E-state index in [2.05, 4.69) is 5.32 Å². The lowest BCUT2D eigenvalue weighted by Gasteiger charge is -2.20. The highest BCUT2D eigenvalue weighted by Crippen LogP contribution is 2.28. The Morgan fingerprint density at radius 1 is 1.21 bits per heavy atom. The second-order valence-electron chi connectivity index (χ2n) is 4.63. The van der Waals surface area contributed by atoms with Crippen LogP contribution in [0.1, 0.15) is 30.5 Å². The summed E-state index contributed by atoms with van der Waals surface area (Å²) < 4.78 is 13.8. The largest absolute Gasteiger partial charge is 0.508 e. The molecule has 2 rings (SSSR count). The van der Waals surface area contributed by atoms with Crippen molar-refractivity contribution in [1.82, 2.24) is 0 Å². The number of aryl methyl sites for hydroxylation is 1. The van der Waals surface area contributed by atoms with Crippen molar-refractivity contribution in [3.05, 3.63) is 59.4 Å². The minimum Gasteiger partial charge on any atom is -0.508 e. The molecule has 2 aromatic carbocycles. The lowest BCUT2D eigenvalue weighted by molar-refractivity contribution is 0.475. The van der Waals surface area contributed by atoms with Crippen LogP contribution in [0.25, 0.3) is 0 Å². The fourth-order valence-corrected chi connectivity index (χ4v) is 2.15. The topological polar surface area (TPSA) is 32.3 Å². The number of halogens is 1. The molecule has 0 spiro atoms. The van der Waals surface area contributed by atoms with Gasteiger partial charge in [0.2, 0.25) is 0 Å². The van der Waals surface area contributed by atoms with Crippen molar-refractivity contribution >= 4 is 5.69 Å². The standard InChI is InChI=1S/C16H18FNO/c1-3-15(13-6-4-5-7-14(13)17)18-16-9-8-12(19)10-11(16)2/h4-10,15,18-19H,3H2,1-2H3. The van der Waals surface area contributed by atoms with Crippen molar-refractivity contribution < 1.29 is 9.50 Å². The Morgan fingerprint density at radius 3 is 2.58 bits per heavy atom. The van der Waals surface area contributed by atoms with Gasteiger partial charge >= 0.3 is 0 Å². The molecule has 0 aliphatic rings. The summed E-state index contributed by atoms with van der Waals surface area (Å²) in [7, 11) is 0. The summed E-state index contributed by atoms with van der Waals surface area (Å²) >= 11 is 0. The van der Waals surface area contributed by atoms with E-state index in [0.29, 0.717) is 5.56 Å². The Labute approximate surface area is 112 Å². The number of aromatic hydroxyl groups is 1. The molecular weight excluding hydrogens is 241 g/mol. The maximum absolute atomic E-state index is 13.8. The van der Waals surface area contributed by atoms with Gasteiger partial charge in [0, 0.05) is 11.3 Å². The summed E-state index contributed by atoms with van der Waals surface area (Å²) in [6.07, 6.45) is 0.779. The van der Waals surface area contributed by atoms with E-state index in [1.165, 1.54) is 6.07 Å². The van der Waals surface area contributed by atoms with Crippen LogP contribution in [0.4, 0.5) is 10.1 Å². The third-order valence-electron chi connectivity index (χ3n) is 3.23. The minimum atomic E-state index is -0.196. The summed E-state index contributed by atoms with van der Waals surface area (Å²) in [5.74, 6) is 0.0419. The number of hydrogen-bond acceptors (Lipinski definition) is 2. The van der Waals surface area contributed by atoms with E-state index in [4.69, 9.17) is 0 Å². The Hall–Kier alpha value is -2.03. The summed E-state index contributed by atoms with van der Waals surface area (Å²) in [5.41, 5.74) is 2.51. The van der Waals surface area contributed by atoms with Crippen LogP contribution in [0.3, 0.4) is 0 Å². The number of rotatable bonds is 4. The van der Waals surface area contributed by atoms with Crippen LogP contribution in [0.15, 0.2) is 42.5 Å². The van der Waals surface area contributed by atoms with Gasteiger partial charge in [-0.05, 0) is 43.2 Å². The van der Waals surface area contributed by atoms with E-state index in [1.807, 2.05) is 26.0 Å². The normalized spacial score (nSPS) is 12.2. The van der Waals surface area contributed by atoms with E-state index >= 15 is 0 Å². The monoisotopic (exact) mass is 259 g/mol. The van der Waals surface area contributed by atoms with Gasteiger partial charge in [-0.3, -0.25) is 0 Å². The Balaban J connectivity index is 2.27. The quantitative estimate of drug-likeness (QED) is 0.797. The van der Waals surface area contributed by atoms with E-state index in [0.717, 1.165) is 17.7 Å². The molecule has 0 aromatic heterocycles. The van der Waals surface area contributed by atoms with E-state index in [1.54, 1.807) is 24.3 Å². The molecule has 0 fully saturated rings. The average molecular weight is 259 g/mol. The molecule has 2 nitrogen and oxygen atoms in total. The van der Waals surface area contributed by atoms with Gasteiger partial charge in [-0.15, -0.1) is 0 Å². The molecule has 0 bridgehead atoms. The van der Waals surface area contributed by atoms with Crippen molar-refractivity contribution in [2.75, 3.05) is 5.32 Å². The van der Waals surface area contributed by atoms with Crippen molar-refractivity contribution in [3.8, 4) is 5.75 Å². The second-order valence-corrected chi connectivity index (χ2v) is 4.63. The van der Waals surface area contributed by atoms with Crippen molar-refractivity contribution in [2.24, 2.45) is 0 Å². The molecule has 100 valence electrons. The Kier molecular flexibility index (Phi) is 4.05. The molecule has 0 radical (unpaired) electrons. The van der Waals surface area contributed by atoms with Gasteiger partial charge in [0.1, 0.15) is 11.6 Å². The number of phenols is 1. The van der Waals surface area contributed by atoms with Crippen LogP contribution >= 0.6 is 0 Å². The minimum absolute atomic E-state index is 0.0792. The van der Waals surface area contributed by atoms with E-state index in [-0.39, 0.29) is 17.6 Å². The smallest absolute Gasteiger partial charge is 0.128 e. The van der Waals surface area contributed by atoms with E-state index in [9.17, 15) is 9.50 Å².